The van der Waals surface area contributed by atoms with Crippen molar-refractivity contribution < 1.29 is 13.2 Å². The van der Waals surface area contributed by atoms with Crippen LogP contribution in [0.25, 0.3) is 11.5 Å². The summed E-state index contributed by atoms with van der Waals surface area (Å²) in [4.78, 5) is 21.2. The molecule has 0 bridgehead atoms. The van der Waals surface area contributed by atoms with E-state index in [1.807, 2.05) is 32.0 Å². The molecule has 3 aromatic rings. The van der Waals surface area contributed by atoms with Crippen LogP contribution in [0.15, 0.2) is 42.6 Å². The summed E-state index contributed by atoms with van der Waals surface area (Å²) in [5.41, 5.74) is -0.194. The van der Waals surface area contributed by atoms with Gasteiger partial charge in [-0.3, -0.25) is 4.98 Å². The molecule has 3 aromatic heterocycles. The van der Waals surface area contributed by atoms with Gasteiger partial charge in [-0.1, -0.05) is 25.0 Å². The maximum Gasteiger partial charge on any atom is 0.433 e. The van der Waals surface area contributed by atoms with Crippen LogP contribution in [0.2, 0.25) is 0 Å². The van der Waals surface area contributed by atoms with Crippen molar-refractivity contribution in [2.24, 2.45) is 5.92 Å². The summed E-state index contributed by atoms with van der Waals surface area (Å²) < 4.78 is 39.5. The van der Waals surface area contributed by atoms with E-state index < -0.39 is 11.9 Å². The van der Waals surface area contributed by atoms with E-state index in [0.29, 0.717) is 5.92 Å². The molecule has 168 valence electrons. The minimum absolute atomic E-state index is 0.0219. The number of aromatic nitrogens is 5. The summed E-state index contributed by atoms with van der Waals surface area (Å²) in [6, 6.07) is 9.12. The Hall–Kier alpha value is -3.30. The highest BCUT2D eigenvalue weighted by Gasteiger charge is 2.33. The average Bonchev–Trinajstić information content (AvgIpc) is 3.57. The summed E-state index contributed by atoms with van der Waals surface area (Å²) in [6.07, 6.45) is 0.549. The summed E-state index contributed by atoms with van der Waals surface area (Å²) in [7, 11) is 0. The number of halogens is 3. The summed E-state index contributed by atoms with van der Waals surface area (Å²) in [5.74, 6) is 1.28. The first-order chi connectivity index (χ1) is 15.3. The van der Waals surface area contributed by atoms with Crippen LogP contribution in [0, 0.1) is 5.92 Å². The van der Waals surface area contributed by atoms with Crippen LogP contribution in [0.5, 0.6) is 0 Å². The Morgan fingerprint density at radius 1 is 0.938 bits per heavy atom. The van der Waals surface area contributed by atoms with E-state index in [-0.39, 0.29) is 35.5 Å². The van der Waals surface area contributed by atoms with Crippen LogP contribution >= 0.6 is 0 Å². The summed E-state index contributed by atoms with van der Waals surface area (Å²) in [6.45, 7) is 3.94. The van der Waals surface area contributed by atoms with Crippen molar-refractivity contribution in [3.63, 3.8) is 0 Å². The molecule has 4 rings (SSSR count). The molecule has 0 aromatic carbocycles. The van der Waals surface area contributed by atoms with E-state index in [4.69, 9.17) is 0 Å². The molecule has 0 saturated heterocycles. The van der Waals surface area contributed by atoms with Gasteiger partial charge in [0.05, 0.1) is 11.7 Å². The van der Waals surface area contributed by atoms with Gasteiger partial charge in [-0.2, -0.15) is 28.1 Å². The van der Waals surface area contributed by atoms with Gasteiger partial charge in [-0.05, 0) is 50.5 Å². The van der Waals surface area contributed by atoms with Gasteiger partial charge in [0.15, 0.2) is 5.82 Å². The fourth-order valence-electron chi connectivity index (χ4n) is 3.37. The van der Waals surface area contributed by atoms with E-state index in [9.17, 15) is 13.2 Å². The van der Waals surface area contributed by atoms with E-state index in [1.54, 1.807) is 6.20 Å². The number of nitrogens with one attached hydrogen (secondary N) is 2. The van der Waals surface area contributed by atoms with Crippen LogP contribution in [0.1, 0.15) is 50.5 Å². The molecule has 0 radical (unpaired) electrons. The van der Waals surface area contributed by atoms with Crippen LogP contribution in [0.3, 0.4) is 0 Å². The monoisotopic (exact) mass is 443 g/mol. The lowest BCUT2D eigenvalue weighted by Gasteiger charge is -2.17. The van der Waals surface area contributed by atoms with Crippen LogP contribution < -0.4 is 10.6 Å². The summed E-state index contributed by atoms with van der Waals surface area (Å²) >= 11 is 0. The Morgan fingerprint density at radius 3 is 2.34 bits per heavy atom. The fraction of sp³-hybridized carbons (Fsp3) is 0.409. The topological polar surface area (TPSA) is 88.5 Å². The molecule has 1 aliphatic carbocycles. The normalized spacial score (nSPS) is 15.8. The molecule has 2 atom stereocenters. The molecular formula is C22H24F3N7. The van der Waals surface area contributed by atoms with Crippen molar-refractivity contribution in [2.45, 2.75) is 51.4 Å². The molecule has 0 amide bonds. The molecule has 1 unspecified atom stereocenters. The second kappa shape index (κ2) is 9.05. The van der Waals surface area contributed by atoms with E-state index in [2.05, 4.69) is 35.6 Å². The predicted molar refractivity (Wildman–Crippen MR) is 115 cm³/mol. The zero-order chi connectivity index (χ0) is 22.7. The molecule has 0 spiro atoms. The van der Waals surface area contributed by atoms with Gasteiger partial charge < -0.3 is 10.6 Å². The summed E-state index contributed by atoms with van der Waals surface area (Å²) in [5, 5.41) is 6.42. The van der Waals surface area contributed by atoms with Gasteiger partial charge in [0.2, 0.25) is 11.9 Å². The first-order valence-corrected chi connectivity index (χ1v) is 10.5. The highest BCUT2D eigenvalue weighted by Crippen LogP contribution is 2.34. The number of rotatable bonds is 8. The van der Waals surface area contributed by atoms with Crippen molar-refractivity contribution in [1.82, 2.24) is 24.9 Å². The fourth-order valence-corrected chi connectivity index (χ4v) is 3.37. The second-order valence-electron chi connectivity index (χ2n) is 8.06. The maximum atomic E-state index is 13.2. The minimum atomic E-state index is -4.56. The van der Waals surface area contributed by atoms with Gasteiger partial charge in [-0.25, -0.2) is 4.98 Å². The van der Waals surface area contributed by atoms with Crippen molar-refractivity contribution in [3.8, 4) is 11.5 Å². The van der Waals surface area contributed by atoms with E-state index in [1.165, 1.54) is 25.0 Å². The number of nitrogens with zero attached hydrogens (tertiary/aromatic N) is 5. The molecule has 32 heavy (non-hydrogen) atoms. The lowest BCUT2D eigenvalue weighted by Crippen LogP contribution is -2.20. The molecule has 0 aliphatic heterocycles. The van der Waals surface area contributed by atoms with E-state index in [0.717, 1.165) is 18.2 Å². The highest BCUT2D eigenvalue weighted by atomic mass is 19.4. The van der Waals surface area contributed by atoms with Crippen molar-refractivity contribution >= 4 is 11.9 Å². The van der Waals surface area contributed by atoms with Gasteiger partial charge in [0.1, 0.15) is 11.4 Å². The van der Waals surface area contributed by atoms with Gasteiger partial charge in [0, 0.05) is 12.2 Å². The van der Waals surface area contributed by atoms with Crippen molar-refractivity contribution in [2.75, 3.05) is 10.6 Å². The van der Waals surface area contributed by atoms with Crippen molar-refractivity contribution in [1.29, 1.82) is 0 Å². The SMILES string of the molecule is CC(Nc1nc(N[C@H](C)CC2CC2)nc(-c2cccc(C(F)(F)F)n2)n1)c1ccccn1. The molecular weight excluding hydrogens is 419 g/mol. The Balaban J connectivity index is 1.65. The van der Waals surface area contributed by atoms with Gasteiger partial charge in [-0.15, -0.1) is 0 Å². The standard InChI is InChI=1S/C22H24F3N7/c1-13(12-15-9-10-15)27-20-30-19(17-7-5-8-18(29-17)22(23,24)25)31-21(32-20)28-14(2)16-6-3-4-11-26-16/h3-8,11,13-15H,9-10,12H2,1-2H3,(H2,27,28,30,31,32)/t13-,14?/m1/s1. The molecule has 10 heteroatoms. The Labute approximate surface area is 184 Å². The average molecular weight is 443 g/mol. The molecule has 1 fully saturated rings. The second-order valence-corrected chi connectivity index (χ2v) is 8.06. The number of anilines is 2. The van der Waals surface area contributed by atoms with Crippen molar-refractivity contribution in [3.05, 3.63) is 54.0 Å². The van der Waals surface area contributed by atoms with E-state index >= 15 is 0 Å². The largest absolute Gasteiger partial charge is 0.433 e. The lowest BCUT2D eigenvalue weighted by molar-refractivity contribution is -0.141. The first kappa shape index (κ1) is 21.9. The molecule has 3 heterocycles. The van der Waals surface area contributed by atoms with Crippen LogP contribution in [-0.2, 0) is 6.18 Å². The quantitative estimate of drug-likeness (QED) is 0.499. The Kier molecular flexibility index (Phi) is 6.20. The number of alkyl halides is 3. The Bertz CT molecular complexity index is 1050. The number of pyridine rings is 2. The zero-order valence-corrected chi connectivity index (χ0v) is 17.8. The minimum Gasteiger partial charge on any atom is -0.352 e. The molecule has 1 aliphatic rings. The first-order valence-electron chi connectivity index (χ1n) is 10.5. The highest BCUT2D eigenvalue weighted by molar-refractivity contribution is 5.54. The third kappa shape index (κ3) is 5.68. The number of hydrogen-bond acceptors (Lipinski definition) is 7. The molecule has 2 N–H and O–H groups in total. The molecule has 7 nitrogen and oxygen atoms in total. The Morgan fingerprint density at radius 2 is 1.69 bits per heavy atom. The van der Waals surface area contributed by atoms with Crippen LogP contribution in [0.4, 0.5) is 25.1 Å². The third-order valence-electron chi connectivity index (χ3n) is 5.14. The van der Waals surface area contributed by atoms with Gasteiger partial charge >= 0.3 is 6.18 Å². The third-order valence-corrected chi connectivity index (χ3v) is 5.14. The smallest absolute Gasteiger partial charge is 0.352 e. The lowest BCUT2D eigenvalue weighted by atomic mass is 10.2. The zero-order valence-electron chi connectivity index (χ0n) is 17.8. The predicted octanol–water partition coefficient (Wildman–Crippen LogP) is 5.12. The number of hydrogen-bond donors (Lipinski definition) is 2. The maximum absolute atomic E-state index is 13.2. The molecule has 1 saturated carbocycles. The van der Waals surface area contributed by atoms with Crippen LogP contribution in [-0.4, -0.2) is 31.0 Å². The van der Waals surface area contributed by atoms with Gasteiger partial charge in [0.25, 0.3) is 0 Å².